The van der Waals surface area contributed by atoms with E-state index in [-0.39, 0.29) is 24.2 Å². The van der Waals surface area contributed by atoms with Crippen LogP contribution in [0.1, 0.15) is 28.8 Å². The Hall–Kier alpha value is -3.16. The topological polar surface area (TPSA) is 67.9 Å². The fourth-order valence-corrected chi connectivity index (χ4v) is 3.56. The van der Waals surface area contributed by atoms with Gasteiger partial charge in [0, 0.05) is 31.6 Å². The van der Waals surface area contributed by atoms with E-state index < -0.39 is 17.5 Å². The molecule has 6 nitrogen and oxygen atoms in total. The Morgan fingerprint density at radius 1 is 1.03 bits per heavy atom. The van der Waals surface area contributed by atoms with Gasteiger partial charge in [-0.05, 0) is 42.7 Å². The maximum absolute atomic E-state index is 13.8. The van der Waals surface area contributed by atoms with Crippen LogP contribution in [0.3, 0.4) is 0 Å². The lowest BCUT2D eigenvalue weighted by Crippen LogP contribution is -2.43. The summed E-state index contributed by atoms with van der Waals surface area (Å²) in [5.74, 6) is -1.03. The van der Waals surface area contributed by atoms with Gasteiger partial charge in [-0.1, -0.05) is 6.07 Å². The Morgan fingerprint density at radius 3 is 2.55 bits per heavy atom. The van der Waals surface area contributed by atoms with Crippen molar-refractivity contribution in [2.75, 3.05) is 19.9 Å². The largest absolute Gasteiger partial charge is 0.454 e. The van der Waals surface area contributed by atoms with E-state index >= 15 is 0 Å². The highest BCUT2D eigenvalue weighted by atomic mass is 19.1. The van der Waals surface area contributed by atoms with Crippen LogP contribution in [0.4, 0.5) is 8.78 Å². The van der Waals surface area contributed by atoms with Crippen LogP contribution in [0.5, 0.6) is 11.5 Å². The average molecular weight is 402 g/mol. The molecular weight excluding hydrogens is 382 g/mol. The summed E-state index contributed by atoms with van der Waals surface area (Å²) < 4.78 is 37.5. The van der Waals surface area contributed by atoms with Gasteiger partial charge in [0.2, 0.25) is 12.7 Å². The van der Waals surface area contributed by atoms with Crippen molar-refractivity contribution in [1.82, 2.24) is 10.2 Å². The maximum Gasteiger partial charge on any atom is 0.256 e. The molecule has 0 radical (unpaired) electrons. The first-order chi connectivity index (χ1) is 14.0. The molecule has 0 unspecified atom stereocenters. The molecule has 2 aromatic rings. The van der Waals surface area contributed by atoms with Crippen LogP contribution in [-0.2, 0) is 11.3 Å². The van der Waals surface area contributed by atoms with Crippen LogP contribution in [-0.4, -0.2) is 36.6 Å². The number of hydrogen-bond acceptors (Lipinski definition) is 4. The Morgan fingerprint density at radius 2 is 1.79 bits per heavy atom. The van der Waals surface area contributed by atoms with E-state index in [4.69, 9.17) is 9.47 Å². The molecule has 152 valence electrons. The van der Waals surface area contributed by atoms with Crippen LogP contribution in [0.25, 0.3) is 0 Å². The van der Waals surface area contributed by atoms with Gasteiger partial charge >= 0.3 is 0 Å². The highest BCUT2D eigenvalue weighted by molar-refractivity contribution is 5.94. The molecule has 4 rings (SSSR count). The molecule has 0 aromatic heterocycles. The molecule has 29 heavy (non-hydrogen) atoms. The van der Waals surface area contributed by atoms with Crippen molar-refractivity contribution in [3.63, 3.8) is 0 Å². The quantitative estimate of drug-likeness (QED) is 0.854. The number of hydrogen-bond donors (Lipinski definition) is 1. The monoisotopic (exact) mass is 402 g/mol. The molecule has 2 aromatic carbocycles. The van der Waals surface area contributed by atoms with Crippen molar-refractivity contribution in [1.29, 1.82) is 0 Å². The second-order valence-corrected chi connectivity index (χ2v) is 7.10. The summed E-state index contributed by atoms with van der Waals surface area (Å²) in [6, 6.07) is 8.42. The fraction of sp³-hybridized carbons (Fsp3) is 0.333. The van der Waals surface area contributed by atoms with E-state index in [2.05, 4.69) is 5.32 Å². The molecule has 2 aliphatic heterocycles. The Kier molecular flexibility index (Phi) is 5.33. The third-order valence-electron chi connectivity index (χ3n) is 5.22. The van der Waals surface area contributed by atoms with Gasteiger partial charge in [0.05, 0.1) is 5.56 Å². The molecule has 0 atom stereocenters. The SMILES string of the molecule is O=C(NCc1ccc2c(c1)OCO2)C1CCN(C(=O)c2ccc(F)cc2F)CC1. The Bertz CT molecular complexity index is 942. The first-order valence-corrected chi connectivity index (χ1v) is 9.42. The predicted octanol–water partition coefficient (Wildman–Crippen LogP) is 2.86. The number of piperidine rings is 1. The van der Waals surface area contributed by atoms with Crippen molar-refractivity contribution in [2.24, 2.45) is 5.92 Å². The zero-order chi connectivity index (χ0) is 20.4. The molecule has 8 heteroatoms. The van der Waals surface area contributed by atoms with Gasteiger partial charge in [-0.2, -0.15) is 0 Å². The van der Waals surface area contributed by atoms with Gasteiger partial charge in [-0.3, -0.25) is 9.59 Å². The van der Waals surface area contributed by atoms with Crippen LogP contribution in [0.2, 0.25) is 0 Å². The zero-order valence-electron chi connectivity index (χ0n) is 15.6. The summed E-state index contributed by atoms with van der Waals surface area (Å²) in [5.41, 5.74) is 0.749. The van der Waals surface area contributed by atoms with Crippen LogP contribution >= 0.6 is 0 Å². The molecule has 0 aliphatic carbocycles. The van der Waals surface area contributed by atoms with Crippen LogP contribution in [0, 0.1) is 17.6 Å². The number of nitrogens with zero attached hydrogens (tertiary/aromatic N) is 1. The third kappa shape index (κ3) is 4.16. The summed E-state index contributed by atoms with van der Waals surface area (Å²) in [4.78, 5) is 26.4. The molecule has 1 N–H and O–H groups in total. The van der Waals surface area contributed by atoms with Crippen LogP contribution < -0.4 is 14.8 Å². The first kappa shape index (κ1) is 19.2. The van der Waals surface area contributed by atoms with Crippen molar-refractivity contribution >= 4 is 11.8 Å². The minimum absolute atomic E-state index is 0.0808. The normalized spacial score (nSPS) is 16.0. The highest BCUT2D eigenvalue weighted by Gasteiger charge is 2.29. The van der Waals surface area contributed by atoms with E-state index in [0.717, 1.165) is 17.7 Å². The number of fused-ring (bicyclic) bond motifs is 1. The van der Waals surface area contributed by atoms with Gasteiger partial charge in [0.1, 0.15) is 11.6 Å². The molecule has 0 bridgehead atoms. The van der Waals surface area contributed by atoms with E-state index in [1.165, 1.54) is 4.90 Å². The number of nitrogens with one attached hydrogen (secondary N) is 1. The van der Waals surface area contributed by atoms with Gasteiger partial charge in [0.15, 0.2) is 11.5 Å². The molecular formula is C21H20F2N2O4. The number of rotatable bonds is 4. The highest BCUT2D eigenvalue weighted by Crippen LogP contribution is 2.32. The van der Waals surface area contributed by atoms with Gasteiger partial charge in [-0.25, -0.2) is 8.78 Å². The smallest absolute Gasteiger partial charge is 0.256 e. The lowest BCUT2D eigenvalue weighted by molar-refractivity contribution is -0.126. The fourth-order valence-electron chi connectivity index (χ4n) is 3.56. The third-order valence-corrected chi connectivity index (χ3v) is 5.22. The van der Waals surface area contributed by atoms with E-state index in [1.807, 2.05) is 18.2 Å². The van der Waals surface area contributed by atoms with Gasteiger partial charge in [-0.15, -0.1) is 0 Å². The molecule has 0 spiro atoms. The van der Waals surface area contributed by atoms with Crippen LogP contribution in [0.15, 0.2) is 36.4 Å². The Labute approximate surface area is 166 Å². The first-order valence-electron chi connectivity index (χ1n) is 9.42. The number of ether oxygens (including phenoxy) is 2. The lowest BCUT2D eigenvalue weighted by atomic mass is 9.95. The standard InChI is InChI=1S/C21H20F2N2O4/c22-15-2-3-16(17(23)10-15)21(27)25-7-5-14(6-8-25)20(26)24-11-13-1-4-18-19(9-13)29-12-28-18/h1-4,9-10,14H,5-8,11-12H2,(H,24,26). The molecule has 1 saturated heterocycles. The molecule has 0 saturated carbocycles. The zero-order valence-corrected chi connectivity index (χ0v) is 15.6. The number of amides is 2. The number of carbonyl (C=O) groups excluding carboxylic acids is 2. The summed E-state index contributed by atoms with van der Waals surface area (Å²) >= 11 is 0. The summed E-state index contributed by atoms with van der Waals surface area (Å²) in [7, 11) is 0. The number of benzene rings is 2. The predicted molar refractivity (Wildman–Crippen MR) is 99.4 cm³/mol. The Balaban J connectivity index is 1.28. The van der Waals surface area contributed by atoms with Crippen molar-refractivity contribution < 1.29 is 27.8 Å². The second-order valence-electron chi connectivity index (χ2n) is 7.10. The summed E-state index contributed by atoms with van der Waals surface area (Å²) in [5, 5.41) is 2.91. The lowest BCUT2D eigenvalue weighted by Gasteiger charge is -2.31. The van der Waals surface area contributed by atoms with E-state index in [0.29, 0.717) is 50.0 Å². The number of halogens is 2. The molecule has 1 fully saturated rings. The number of likely N-dealkylation sites (tertiary alicyclic amines) is 1. The van der Waals surface area contributed by atoms with Gasteiger partial charge < -0.3 is 19.7 Å². The van der Waals surface area contributed by atoms with E-state index in [1.54, 1.807) is 0 Å². The molecule has 2 aliphatic rings. The average Bonchev–Trinajstić information content (AvgIpc) is 3.19. The minimum Gasteiger partial charge on any atom is -0.454 e. The molecule has 2 amide bonds. The summed E-state index contributed by atoms with van der Waals surface area (Å²) in [6.45, 7) is 1.26. The van der Waals surface area contributed by atoms with Gasteiger partial charge in [0.25, 0.3) is 5.91 Å². The van der Waals surface area contributed by atoms with E-state index in [9.17, 15) is 18.4 Å². The summed E-state index contributed by atoms with van der Waals surface area (Å²) in [6.07, 6.45) is 0.975. The second kappa shape index (κ2) is 8.06. The molecule has 2 heterocycles. The van der Waals surface area contributed by atoms with Crippen molar-refractivity contribution in [3.05, 3.63) is 59.2 Å². The van der Waals surface area contributed by atoms with Crippen molar-refractivity contribution in [3.8, 4) is 11.5 Å². The maximum atomic E-state index is 13.8. The minimum atomic E-state index is -0.876. The van der Waals surface area contributed by atoms with Crippen molar-refractivity contribution in [2.45, 2.75) is 19.4 Å². The number of carbonyl (C=O) groups is 2.